The van der Waals surface area contributed by atoms with Crippen LogP contribution in [0.4, 0.5) is 5.95 Å². The number of halogens is 1. The fourth-order valence-corrected chi connectivity index (χ4v) is 1.36. The fourth-order valence-electron chi connectivity index (χ4n) is 0.963. The second-order valence-electron chi connectivity index (χ2n) is 2.99. The SMILES string of the molecule is CCCCOc1nc(N)nc(C)c1I. The third-order valence-electron chi connectivity index (χ3n) is 1.74. The first-order valence-corrected chi connectivity index (χ1v) is 5.65. The second-order valence-corrected chi connectivity index (χ2v) is 4.07. The quantitative estimate of drug-likeness (QED) is 0.684. The van der Waals surface area contributed by atoms with Gasteiger partial charge in [-0.15, -0.1) is 0 Å². The monoisotopic (exact) mass is 307 g/mol. The van der Waals surface area contributed by atoms with E-state index >= 15 is 0 Å². The zero-order valence-electron chi connectivity index (χ0n) is 8.38. The van der Waals surface area contributed by atoms with Crippen LogP contribution in [0.1, 0.15) is 25.5 Å². The molecule has 0 atom stereocenters. The van der Waals surface area contributed by atoms with Crippen molar-refractivity contribution in [2.45, 2.75) is 26.7 Å². The summed E-state index contributed by atoms with van der Waals surface area (Å²) in [5, 5.41) is 0. The lowest BCUT2D eigenvalue weighted by molar-refractivity contribution is 0.295. The normalized spacial score (nSPS) is 10.2. The molecule has 0 aliphatic carbocycles. The number of rotatable bonds is 4. The van der Waals surface area contributed by atoms with Crippen LogP contribution in [0.15, 0.2) is 0 Å². The minimum Gasteiger partial charge on any atom is -0.477 e. The Bertz CT molecular complexity index is 317. The van der Waals surface area contributed by atoms with Crippen molar-refractivity contribution in [3.8, 4) is 5.88 Å². The Morgan fingerprint density at radius 2 is 2.14 bits per heavy atom. The number of aromatic nitrogens is 2. The highest BCUT2D eigenvalue weighted by Crippen LogP contribution is 2.21. The van der Waals surface area contributed by atoms with E-state index < -0.39 is 0 Å². The van der Waals surface area contributed by atoms with E-state index in [1.54, 1.807) is 0 Å². The number of nitrogens with two attached hydrogens (primary N) is 1. The number of hydrogen-bond donors (Lipinski definition) is 1. The smallest absolute Gasteiger partial charge is 0.232 e. The van der Waals surface area contributed by atoms with Crippen molar-refractivity contribution in [2.75, 3.05) is 12.3 Å². The maximum absolute atomic E-state index is 5.53. The van der Waals surface area contributed by atoms with Gasteiger partial charge in [0.25, 0.3) is 0 Å². The van der Waals surface area contributed by atoms with Crippen LogP contribution in [-0.2, 0) is 0 Å². The summed E-state index contributed by atoms with van der Waals surface area (Å²) in [6.45, 7) is 4.70. The Kier molecular flexibility index (Phi) is 4.37. The van der Waals surface area contributed by atoms with Gasteiger partial charge >= 0.3 is 0 Å². The highest BCUT2D eigenvalue weighted by Gasteiger charge is 2.08. The molecule has 0 radical (unpaired) electrons. The van der Waals surface area contributed by atoms with Gasteiger partial charge in [0.15, 0.2) is 0 Å². The molecule has 0 saturated heterocycles. The van der Waals surface area contributed by atoms with E-state index in [-0.39, 0.29) is 5.95 Å². The van der Waals surface area contributed by atoms with Crippen LogP contribution >= 0.6 is 22.6 Å². The highest BCUT2D eigenvalue weighted by molar-refractivity contribution is 14.1. The molecular weight excluding hydrogens is 293 g/mol. The van der Waals surface area contributed by atoms with Gasteiger partial charge in [-0.05, 0) is 35.9 Å². The Balaban J connectivity index is 2.75. The number of nitrogens with zero attached hydrogens (tertiary/aromatic N) is 2. The number of nitrogen functional groups attached to an aromatic ring is 1. The summed E-state index contributed by atoms with van der Waals surface area (Å²) in [5.74, 6) is 0.874. The van der Waals surface area contributed by atoms with E-state index in [0.717, 1.165) is 22.1 Å². The van der Waals surface area contributed by atoms with Crippen LogP contribution in [0, 0.1) is 10.5 Å². The minimum atomic E-state index is 0.273. The zero-order valence-corrected chi connectivity index (χ0v) is 10.5. The van der Waals surface area contributed by atoms with Crippen molar-refractivity contribution in [1.29, 1.82) is 0 Å². The lowest BCUT2D eigenvalue weighted by Gasteiger charge is -2.08. The molecule has 0 unspecified atom stereocenters. The summed E-state index contributed by atoms with van der Waals surface area (Å²) >= 11 is 2.17. The molecule has 0 bridgehead atoms. The number of hydrogen-bond acceptors (Lipinski definition) is 4. The van der Waals surface area contributed by atoms with Gasteiger partial charge in [0.05, 0.1) is 15.9 Å². The van der Waals surface area contributed by atoms with Crippen molar-refractivity contribution in [1.82, 2.24) is 9.97 Å². The molecule has 1 aromatic rings. The molecule has 0 aromatic carbocycles. The van der Waals surface area contributed by atoms with E-state index in [1.807, 2.05) is 6.92 Å². The summed E-state index contributed by atoms with van der Waals surface area (Å²) in [4.78, 5) is 8.08. The molecule has 1 heterocycles. The molecule has 0 amide bonds. The molecular formula is C9H14IN3O. The van der Waals surface area contributed by atoms with Crippen LogP contribution in [0.5, 0.6) is 5.88 Å². The first-order valence-electron chi connectivity index (χ1n) is 4.57. The molecule has 5 heteroatoms. The van der Waals surface area contributed by atoms with Crippen LogP contribution < -0.4 is 10.5 Å². The van der Waals surface area contributed by atoms with E-state index in [9.17, 15) is 0 Å². The van der Waals surface area contributed by atoms with E-state index in [0.29, 0.717) is 12.5 Å². The van der Waals surface area contributed by atoms with Gasteiger partial charge in [-0.25, -0.2) is 4.98 Å². The van der Waals surface area contributed by atoms with Crippen molar-refractivity contribution in [3.63, 3.8) is 0 Å². The van der Waals surface area contributed by atoms with E-state index in [4.69, 9.17) is 10.5 Å². The van der Waals surface area contributed by atoms with Crippen LogP contribution in [0.3, 0.4) is 0 Å². The lowest BCUT2D eigenvalue weighted by atomic mass is 10.4. The van der Waals surface area contributed by atoms with Crippen molar-refractivity contribution in [3.05, 3.63) is 9.26 Å². The van der Waals surface area contributed by atoms with Gasteiger partial charge in [-0.3, -0.25) is 0 Å². The summed E-state index contributed by atoms with van der Waals surface area (Å²) in [6.07, 6.45) is 2.13. The highest BCUT2D eigenvalue weighted by atomic mass is 127. The van der Waals surface area contributed by atoms with Gasteiger partial charge < -0.3 is 10.5 Å². The Labute approximate surface area is 97.4 Å². The Hall–Kier alpha value is -0.590. The number of unbranched alkanes of at least 4 members (excludes halogenated alkanes) is 1. The zero-order chi connectivity index (χ0) is 10.6. The maximum atomic E-state index is 5.53. The average Bonchev–Trinajstić information content (AvgIpc) is 2.13. The molecule has 2 N–H and O–H groups in total. The van der Waals surface area contributed by atoms with E-state index in [2.05, 4.69) is 39.5 Å². The number of aryl methyl sites for hydroxylation is 1. The standard InChI is InChI=1S/C9H14IN3O/c1-3-4-5-14-8-7(10)6(2)12-9(11)13-8/h3-5H2,1-2H3,(H2,11,12,13). The molecule has 14 heavy (non-hydrogen) atoms. The average molecular weight is 307 g/mol. The first kappa shape index (κ1) is 11.5. The third-order valence-corrected chi connectivity index (χ3v) is 2.98. The molecule has 4 nitrogen and oxygen atoms in total. The van der Waals surface area contributed by atoms with E-state index in [1.165, 1.54) is 0 Å². The minimum absolute atomic E-state index is 0.273. The third kappa shape index (κ3) is 2.97. The molecule has 0 aliphatic heterocycles. The molecule has 0 saturated carbocycles. The first-order chi connectivity index (χ1) is 6.65. The van der Waals surface area contributed by atoms with Crippen molar-refractivity contribution in [2.24, 2.45) is 0 Å². The van der Waals surface area contributed by atoms with Gasteiger partial charge in [-0.2, -0.15) is 4.98 Å². The maximum Gasteiger partial charge on any atom is 0.232 e. The number of ether oxygens (including phenoxy) is 1. The van der Waals surface area contributed by atoms with Crippen LogP contribution in [0.25, 0.3) is 0 Å². The summed E-state index contributed by atoms with van der Waals surface area (Å²) in [6, 6.07) is 0. The number of anilines is 1. The van der Waals surface area contributed by atoms with Crippen LogP contribution in [-0.4, -0.2) is 16.6 Å². The van der Waals surface area contributed by atoms with Gasteiger partial charge in [-0.1, -0.05) is 13.3 Å². The predicted octanol–water partition coefficient (Wildman–Crippen LogP) is 2.15. The Morgan fingerprint density at radius 1 is 1.43 bits per heavy atom. The molecule has 0 aliphatic rings. The predicted molar refractivity (Wildman–Crippen MR) is 64.3 cm³/mol. The van der Waals surface area contributed by atoms with Gasteiger partial charge in [0, 0.05) is 0 Å². The molecule has 78 valence electrons. The molecule has 1 aromatic heterocycles. The van der Waals surface area contributed by atoms with Crippen molar-refractivity contribution >= 4 is 28.5 Å². The van der Waals surface area contributed by atoms with Gasteiger partial charge in [0.2, 0.25) is 11.8 Å². The summed E-state index contributed by atoms with van der Waals surface area (Å²) in [5.41, 5.74) is 6.39. The Morgan fingerprint density at radius 3 is 2.79 bits per heavy atom. The molecule has 0 fully saturated rings. The lowest BCUT2D eigenvalue weighted by Crippen LogP contribution is -2.06. The fraction of sp³-hybridized carbons (Fsp3) is 0.556. The summed E-state index contributed by atoms with van der Waals surface area (Å²) in [7, 11) is 0. The molecule has 0 spiro atoms. The van der Waals surface area contributed by atoms with Gasteiger partial charge in [0.1, 0.15) is 0 Å². The van der Waals surface area contributed by atoms with Crippen LogP contribution in [0.2, 0.25) is 0 Å². The second kappa shape index (κ2) is 5.33. The topological polar surface area (TPSA) is 61.0 Å². The molecule has 1 rings (SSSR count). The van der Waals surface area contributed by atoms with Crippen molar-refractivity contribution < 1.29 is 4.74 Å². The largest absolute Gasteiger partial charge is 0.477 e. The summed E-state index contributed by atoms with van der Waals surface area (Å²) < 4.78 is 6.44.